The molecule has 0 saturated heterocycles. The highest BCUT2D eigenvalue weighted by molar-refractivity contribution is 7.92. The fourth-order valence-electron chi connectivity index (χ4n) is 4.06. The Morgan fingerprint density at radius 1 is 0.964 bits per heavy atom. The number of amides is 1. The number of nitrogens with zero attached hydrogens (tertiary/aromatic N) is 1. The van der Waals surface area contributed by atoms with Gasteiger partial charge in [-0.1, -0.05) is 32.9 Å². The zero-order valence-corrected chi connectivity index (χ0v) is 17.4. The summed E-state index contributed by atoms with van der Waals surface area (Å²) in [6, 6.07) is 10.8. The number of carbonyl (C=O) groups excluding carboxylic acids is 1. The maximum absolute atomic E-state index is 12.9. The zero-order valence-electron chi connectivity index (χ0n) is 16.6. The molecule has 0 spiro atoms. The summed E-state index contributed by atoms with van der Waals surface area (Å²) in [5, 5.41) is 0. The second-order valence-corrected chi connectivity index (χ2v) is 10.4. The van der Waals surface area contributed by atoms with E-state index in [2.05, 4.69) is 25.5 Å². The quantitative estimate of drug-likeness (QED) is 0.849. The Bertz CT molecular complexity index is 1020. The molecule has 0 fully saturated rings. The highest BCUT2D eigenvalue weighted by atomic mass is 32.2. The molecule has 5 nitrogen and oxygen atoms in total. The first-order valence-corrected chi connectivity index (χ1v) is 11.2. The second kappa shape index (κ2) is 6.62. The smallest absolute Gasteiger partial charge is 0.261 e. The van der Waals surface area contributed by atoms with Crippen molar-refractivity contribution in [3.8, 4) is 0 Å². The highest BCUT2D eigenvalue weighted by Crippen LogP contribution is 2.38. The third-order valence-corrected chi connectivity index (χ3v) is 6.95. The van der Waals surface area contributed by atoms with Gasteiger partial charge in [-0.3, -0.25) is 9.52 Å². The predicted molar refractivity (Wildman–Crippen MR) is 111 cm³/mol. The minimum atomic E-state index is -3.66. The summed E-state index contributed by atoms with van der Waals surface area (Å²) in [5.74, 6) is 0.167. The molecule has 0 atom stereocenters. The molecule has 2 heterocycles. The van der Waals surface area contributed by atoms with Gasteiger partial charge in [0.25, 0.3) is 10.0 Å². The van der Waals surface area contributed by atoms with E-state index in [1.54, 1.807) is 12.1 Å². The first-order chi connectivity index (χ1) is 13.1. The number of aryl methyl sites for hydroxylation is 2. The van der Waals surface area contributed by atoms with E-state index in [1.807, 2.05) is 29.2 Å². The highest BCUT2D eigenvalue weighted by Gasteiger charge is 2.30. The van der Waals surface area contributed by atoms with Gasteiger partial charge in [-0.15, -0.1) is 0 Å². The molecule has 0 bridgehead atoms. The van der Waals surface area contributed by atoms with Crippen LogP contribution in [0.1, 0.15) is 50.3 Å². The Morgan fingerprint density at radius 3 is 2.25 bits per heavy atom. The predicted octanol–water partition coefficient (Wildman–Crippen LogP) is 4.01. The fraction of sp³-hybridized carbons (Fsp3) is 0.409. The van der Waals surface area contributed by atoms with Crippen molar-refractivity contribution in [1.82, 2.24) is 0 Å². The van der Waals surface area contributed by atoms with Crippen LogP contribution in [0, 0.1) is 0 Å². The Hall–Kier alpha value is -2.34. The van der Waals surface area contributed by atoms with Crippen molar-refractivity contribution in [3.63, 3.8) is 0 Å². The average molecular weight is 399 g/mol. The molecule has 0 aliphatic carbocycles. The molecular weight excluding hydrogens is 372 g/mol. The average Bonchev–Trinajstić information content (AvgIpc) is 2.64. The van der Waals surface area contributed by atoms with Crippen molar-refractivity contribution in [2.75, 3.05) is 16.2 Å². The topological polar surface area (TPSA) is 66.5 Å². The molecule has 28 heavy (non-hydrogen) atoms. The van der Waals surface area contributed by atoms with Crippen molar-refractivity contribution in [2.24, 2.45) is 0 Å². The number of carbonyl (C=O) groups is 1. The molecule has 6 heteroatoms. The van der Waals surface area contributed by atoms with Crippen molar-refractivity contribution in [3.05, 3.63) is 53.1 Å². The van der Waals surface area contributed by atoms with Gasteiger partial charge in [0.15, 0.2) is 0 Å². The summed E-state index contributed by atoms with van der Waals surface area (Å²) in [5.41, 5.74) is 4.75. The van der Waals surface area contributed by atoms with E-state index in [0.29, 0.717) is 18.5 Å². The van der Waals surface area contributed by atoms with Gasteiger partial charge in [-0.25, -0.2) is 8.42 Å². The van der Waals surface area contributed by atoms with Crippen LogP contribution in [-0.4, -0.2) is 20.9 Å². The number of nitrogens with one attached hydrogen (secondary N) is 1. The van der Waals surface area contributed by atoms with E-state index >= 15 is 0 Å². The van der Waals surface area contributed by atoms with Crippen LogP contribution in [-0.2, 0) is 33.1 Å². The van der Waals surface area contributed by atoms with Gasteiger partial charge in [0.05, 0.1) is 10.6 Å². The maximum atomic E-state index is 12.9. The van der Waals surface area contributed by atoms with Gasteiger partial charge in [0.2, 0.25) is 5.91 Å². The van der Waals surface area contributed by atoms with Crippen LogP contribution in [0.3, 0.4) is 0 Å². The van der Waals surface area contributed by atoms with Crippen LogP contribution in [0.2, 0.25) is 0 Å². The summed E-state index contributed by atoms with van der Waals surface area (Å²) in [6.45, 7) is 7.05. The number of hydrogen-bond acceptors (Lipinski definition) is 3. The zero-order chi connectivity index (χ0) is 20.1. The first kappa shape index (κ1) is 19.0. The summed E-state index contributed by atoms with van der Waals surface area (Å²) >= 11 is 0. The number of benzene rings is 2. The Balaban J connectivity index is 1.65. The van der Waals surface area contributed by atoms with Crippen LogP contribution >= 0.6 is 0 Å². The molecule has 2 aromatic rings. The van der Waals surface area contributed by atoms with Gasteiger partial charge < -0.3 is 4.90 Å². The molecule has 1 amide bonds. The lowest BCUT2D eigenvalue weighted by atomic mass is 9.87. The van der Waals surface area contributed by atoms with Gasteiger partial charge in [-0.2, -0.15) is 0 Å². The monoisotopic (exact) mass is 398 g/mol. The van der Waals surface area contributed by atoms with E-state index in [0.717, 1.165) is 41.8 Å². The van der Waals surface area contributed by atoms with Crippen LogP contribution < -0.4 is 9.62 Å². The lowest BCUT2D eigenvalue weighted by molar-refractivity contribution is -0.119. The third kappa shape index (κ3) is 3.41. The Labute approximate surface area is 166 Å². The normalized spacial score (nSPS) is 16.7. The molecule has 2 aliphatic heterocycles. The third-order valence-electron chi connectivity index (χ3n) is 5.56. The van der Waals surface area contributed by atoms with Crippen LogP contribution in [0.25, 0.3) is 0 Å². The van der Waals surface area contributed by atoms with E-state index in [1.165, 1.54) is 0 Å². The van der Waals surface area contributed by atoms with Gasteiger partial charge in [0, 0.05) is 18.7 Å². The molecule has 1 N–H and O–H groups in total. The second-order valence-electron chi connectivity index (χ2n) is 8.67. The van der Waals surface area contributed by atoms with Crippen molar-refractivity contribution in [2.45, 2.75) is 56.8 Å². The number of anilines is 2. The minimum Gasteiger partial charge on any atom is -0.312 e. The minimum absolute atomic E-state index is 0.0276. The molecule has 0 saturated carbocycles. The van der Waals surface area contributed by atoms with Gasteiger partial charge >= 0.3 is 0 Å². The van der Waals surface area contributed by atoms with Crippen LogP contribution in [0.4, 0.5) is 11.4 Å². The molecule has 4 rings (SSSR count). The van der Waals surface area contributed by atoms with Crippen molar-refractivity contribution >= 4 is 27.3 Å². The SMILES string of the molecule is CC(C)(C)c1ccc(S(=O)(=O)Nc2cc3c4c(c2)CCC(=O)N4CCC3)cc1. The Kier molecular flexibility index (Phi) is 4.49. The number of rotatable bonds is 3. The number of hydrogen-bond donors (Lipinski definition) is 1. The first-order valence-electron chi connectivity index (χ1n) is 9.75. The lowest BCUT2D eigenvalue weighted by Gasteiger charge is -2.35. The molecule has 2 aromatic carbocycles. The van der Waals surface area contributed by atoms with E-state index in [-0.39, 0.29) is 16.2 Å². The molecule has 0 aromatic heterocycles. The Morgan fingerprint density at radius 2 is 1.61 bits per heavy atom. The van der Waals surface area contributed by atoms with E-state index in [4.69, 9.17) is 0 Å². The molecule has 2 aliphatic rings. The summed E-state index contributed by atoms with van der Waals surface area (Å²) < 4.78 is 28.5. The molecule has 0 unspecified atom stereocenters. The van der Waals surface area contributed by atoms with Crippen molar-refractivity contribution < 1.29 is 13.2 Å². The summed E-state index contributed by atoms with van der Waals surface area (Å²) in [4.78, 5) is 14.3. The van der Waals surface area contributed by atoms with Crippen LogP contribution in [0.5, 0.6) is 0 Å². The fourth-order valence-corrected chi connectivity index (χ4v) is 5.10. The maximum Gasteiger partial charge on any atom is 0.261 e. The standard InChI is InChI=1S/C22H26N2O3S/c1-22(2,3)17-7-9-19(10-8-17)28(26,27)23-18-13-15-5-4-12-24-20(25)11-6-16(14-18)21(15)24/h7-10,13-14,23H,4-6,11-12H2,1-3H3. The lowest BCUT2D eigenvalue weighted by Crippen LogP contribution is -2.39. The summed E-state index contributed by atoms with van der Waals surface area (Å²) in [7, 11) is -3.66. The molecule has 148 valence electrons. The summed E-state index contributed by atoms with van der Waals surface area (Å²) in [6.07, 6.45) is 2.91. The van der Waals surface area contributed by atoms with Crippen LogP contribution in [0.15, 0.2) is 41.3 Å². The van der Waals surface area contributed by atoms with Gasteiger partial charge in [0.1, 0.15) is 0 Å². The molecular formula is C22H26N2O3S. The van der Waals surface area contributed by atoms with E-state index < -0.39 is 10.0 Å². The van der Waals surface area contributed by atoms with Gasteiger partial charge in [-0.05, 0) is 65.6 Å². The van der Waals surface area contributed by atoms with Crippen molar-refractivity contribution in [1.29, 1.82) is 0 Å². The van der Waals surface area contributed by atoms with E-state index in [9.17, 15) is 13.2 Å². The number of sulfonamides is 1. The largest absolute Gasteiger partial charge is 0.312 e. The molecule has 0 radical (unpaired) electrons.